The molecule has 1 aliphatic heterocycles. The third-order valence-corrected chi connectivity index (χ3v) is 3.95. The van der Waals surface area contributed by atoms with Crippen LogP contribution < -0.4 is 0 Å². The highest BCUT2D eigenvalue weighted by atomic mass is 35.5. The van der Waals surface area contributed by atoms with Gasteiger partial charge in [-0.15, -0.1) is 6.58 Å². The molecule has 0 aliphatic carbocycles. The van der Waals surface area contributed by atoms with Crippen molar-refractivity contribution in [1.82, 2.24) is 9.36 Å². The summed E-state index contributed by atoms with van der Waals surface area (Å²) in [5, 5.41) is 29.7. The summed E-state index contributed by atoms with van der Waals surface area (Å²) in [6.07, 6.45) is -1.42. The van der Waals surface area contributed by atoms with E-state index in [-0.39, 0.29) is 11.9 Å². The van der Waals surface area contributed by atoms with Gasteiger partial charge in [-0.05, 0) is 11.6 Å². The zero-order chi connectivity index (χ0) is 16.1. The second-order valence-corrected chi connectivity index (χ2v) is 5.60. The number of aliphatic hydroxyl groups is 3. The standard InChI is InChI=1S/C12H16ClN3O5S/c1-2-3-20-10-6(4-14-12-15-11(13)16-22-12)8(18)9(19)7(5-17)21-10/h2,4,6-10,17-19H,1,3,5H2/b14-4-/t6?,7-,8-,9+,10+/m1/s1. The molecular weight excluding hydrogens is 334 g/mol. The zero-order valence-corrected chi connectivity index (χ0v) is 13.0. The van der Waals surface area contributed by atoms with Gasteiger partial charge in [-0.3, -0.25) is 0 Å². The summed E-state index contributed by atoms with van der Waals surface area (Å²) in [6, 6.07) is 0. The van der Waals surface area contributed by atoms with Crippen LogP contribution in [0.4, 0.5) is 5.13 Å². The summed E-state index contributed by atoms with van der Waals surface area (Å²) < 4.78 is 14.6. The molecule has 1 fully saturated rings. The highest BCUT2D eigenvalue weighted by Crippen LogP contribution is 2.27. The first-order valence-electron chi connectivity index (χ1n) is 6.45. The Kier molecular flexibility index (Phi) is 6.38. The molecule has 1 aliphatic rings. The van der Waals surface area contributed by atoms with Crippen LogP contribution >= 0.6 is 23.1 Å². The minimum Gasteiger partial charge on any atom is -0.394 e. The summed E-state index contributed by atoms with van der Waals surface area (Å²) in [4.78, 5) is 7.91. The summed E-state index contributed by atoms with van der Waals surface area (Å²) in [5.41, 5.74) is 0. The van der Waals surface area contributed by atoms with Gasteiger partial charge in [-0.1, -0.05) is 6.08 Å². The Morgan fingerprint density at radius 2 is 2.23 bits per heavy atom. The van der Waals surface area contributed by atoms with E-state index in [1.54, 1.807) is 0 Å². The number of aromatic nitrogens is 2. The van der Waals surface area contributed by atoms with Crippen molar-refractivity contribution < 1.29 is 24.8 Å². The molecule has 10 heteroatoms. The molecule has 5 atom stereocenters. The lowest BCUT2D eigenvalue weighted by Crippen LogP contribution is -2.56. The highest BCUT2D eigenvalue weighted by Gasteiger charge is 2.44. The Balaban J connectivity index is 2.15. The van der Waals surface area contributed by atoms with Crippen LogP contribution in [0.2, 0.25) is 5.28 Å². The minimum absolute atomic E-state index is 0.0810. The van der Waals surface area contributed by atoms with Crippen LogP contribution in [0.25, 0.3) is 0 Å². The molecule has 0 spiro atoms. The van der Waals surface area contributed by atoms with Gasteiger partial charge in [0.2, 0.25) is 10.4 Å². The van der Waals surface area contributed by atoms with Crippen LogP contribution in [0.3, 0.4) is 0 Å². The zero-order valence-electron chi connectivity index (χ0n) is 11.4. The molecular formula is C12H16ClN3O5S. The van der Waals surface area contributed by atoms with Crippen LogP contribution in [0.1, 0.15) is 0 Å². The normalized spacial score (nSPS) is 32.5. The molecule has 0 radical (unpaired) electrons. The van der Waals surface area contributed by atoms with Crippen LogP contribution in [0, 0.1) is 5.92 Å². The van der Waals surface area contributed by atoms with Crippen molar-refractivity contribution in [3.05, 3.63) is 17.9 Å². The average Bonchev–Trinajstić information content (AvgIpc) is 2.93. The molecule has 2 rings (SSSR count). The number of aliphatic hydroxyl groups excluding tert-OH is 3. The number of aliphatic imine (C=N–C) groups is 1. The topological polar surface area (TPSA) is 117 Å². The van der Waals surface area contributed by atoms with Crippen molar-refractivity contribution >= 4 is 34.5 Å². The third kappa shape index (κ3) is 4.07. The minimum atomic E-state index is -1.26. The van der Waals surface area contributed by atoms with Crippen molar-refractivity contribution in [2.24, 2.45) is 10.9 Å². The molecule has 1 saturated heterocycles. The predicted octanol–water partition coefficient (Wildman–Crippen LogP) is 0.152. The lowest BCUT2D eigenvalue weighted by Gasteiger charge is -2.40. The average molecular weight is 350 g/mol. The fraction of sp³-hybridized carbons (Fsp3) is 0.583. The Morgan fingerprint density at radius 3 is 2.82 bits per heavy atom. The van der Waals surface area contributed by atoms with Gasteiger partial charge in [-0.2, -0.15) is 9.36 Å². The number of halogens is 1. The maximum Gasteiger partial charge on any atom is 0.236 e. The SMILES string of the molecule is C=CCO[C@H]1O[C@H](CO)[C@H](O)[C@H](O)C1/C=N\c1nc(Cl)ns1. The number of rotatable bonds is 6. The monoisotopic (exact) mass is 349 g/mol. The molecule has 0 bridgehead atoms. The van der Waals surface area contributed by atoms with E-state index < -0.39 is 37.1 Å². The Morgan fingerprint density at radius 1 is 1.45 bits per heavy atom. The maximum atomic E-state index is 10.2. The molecule has 1 aromatic rings. The molecule has 1 unspecified atom stereocenters. The number of hydrogen-bond donors (Lipinski definition) is 3. The van der Waals surface area contributed by atoms with Crippen LogP contribution in [0.15, 0.2) is 17.6 Å². The van der Waals surface area contributed by atoms with Crippen molar-refractivity contribution in [2.45, 2.75) is 24.6 Å². The van der Waals surface area contributed by atoms with Crippen molar-refractivity contribution in [3.63, 3.8) is 0 Å². The Labute approximate surface area is 135 Å². The van der Waals surface area contributed by atoms with Crippen LogP contribution in [0.5, 0.6) is 0 Å². The fourth-order valence-corrected chi connectivity index (χ4v) is 2.64. The van der Waals surface area contributed by atoms with Crippen molar-refractivity contribution in [2.75, 3.05) is 13.2 Å². The molecule has 8 nitrogen and oxygen atoms in total. The number of ether oxygens (including phenoxy) is 2. The van der Waals surface area contributed by atoms with E-state index in [1.165, 1.54) is 12.3 Å². The summed E-state index contributed by atoms with van der Waals surface area (Å²) in [6.45, 7) is 3.27. The Bertz CT molecular complexity index is 529. The van der Waals surface area contributed by atoms with Gasteiger partial charge in [0.1, 0.15) is 12.2 Å². The fourth-order valence-electron chi connectivity index (χ4n) is 1.98. The van der Waals surface area contributed by atoms with Gasteiger partial charge in [0.25, 0.3) is 0 Å². The Hall–Kier alpha value is -0.940. The second kappa shape index (κ2) is 8.06. The van der Waals surface area contributed by atoms with Gasteiger partial charge >= 0.3 is 0 Å². The van der Waals surface area contributed by atoms with E-state index in [9.17, 15) is 15.3 Å². The lowest BCUT2D eigenvalue weighted by atomic mass is 9.92. The largest absolute Gasteiger partial charge is 0.394 e. The number of hydrogen-bond acceptors (Lipinski definition) is 9. The van der Waals surface area contributed by atoms with Gasteiger partial charge in [0.05, 0.1) is 25.2 Å². The molecule has 2 heterocycles. The quantitative estimate of drug-likeness (QED) is 0.494. The predicted molar refractivity (Wildman–Crippen MR) is 80.5 cm³/mol. The van der Waals surface area contributed by atoms with Gasteiger partial charge in [0.15, 0.2) is 6.29 Å². The van der Waals surface area contributed by atoms with E-state index in [4.69, 9.17) is 21.1 Å². The molecule has 3 N–H and O–H groups in total. The van der Waals surface area contributed by atoms with Crippen molar-refractivity contribution in [1.29, 1.82) is 0 Å². The van der Waals surface area contributed by atoms with E-state index in [0.717, 1.165) is 11.5 Å². The van der Waals surface area contributed by atoms with Gasteiger partial charge < -0.3 is 24.8 Å². The van der Waals surface area contributed by atoms with Gasteiger partial charge in [0, 0.05) is 17.7 Å². The third-order valence-electron chi connectivity index (χ3n) is 3.05. The molecule has 0 aromatic carbocycles. The summed E-state index contributed by atoms with van der Waals surface area (Å²) in [5.74, 6) is -0.750. The molecule has 22 heavy (non-hydrogen) atoms. The van der Waals surface area contributed by atoms with E-state index in [1.807, 2.05) is 0 Å². The highest BCUT2D eigenvalue weighted by molar-refractivity contribution is 7.09. The summed E-state index contributed by atoms with van der Waals surface area (Å²) in [7, 11) is 0. The second-order valence-electron chi connectivity index (χ2n) is 4.53. The van der Waals surface area contributed by atoms with E-state index in [0.29, 0.717) is 5.13 Å². The van der Waals surface area contributed by atoms with E-state index in [2.05, 4.69) is 20.9 Å². The first kappa shape index (κ1) is 17.4. The first-order chi connectivity index (χ1) is 10.6. The molecule has 0 amide bonds. The lowest BCUT2D eigenvalue weighted by molar-refractivity contribution is -0.268. The van der Waals surface area contributed by atoms with Crippen molar-refractivity contribution in [3.8, 4) is 0 Å². The van der Waals surface area contributed by atoms with Crippen LogP contribution in [-0.2, 0) is 9.47 Å². The molecule has 0 saturated carbocycles. The van der Waals surface area contributed by atoms with Crippen LogP contribution in [-0.4, -0.2) is 68.7 Å². The first-order valence-corrected chi connectivity index (χ1v) is 7.60. The smallest absolute Gasteiger partial charge is 0.236 e. The van der Waals surface area contributed by atoms with E-state index >= 15 is 0 Å². The van der Waals surface area contributed by atoms with Gasteiger partial charge in [-0.25, -0.2) is 4.99 Å². The molecule has 1 aromatic heterocycles. The summed E-state index contributed by atoms with van der Waals surface area (Å²) >= 11 is 6.60. The molecule has 122 valence electrons. The number of nitrogens with zero attached hydrogens (tertiary/aromatic N) is 3. The maximum absolute atomic E-state index is 10.2.